The molecular formula is C14H22N2O5. The van der Waals surface area contributed by atoms with Crippen LogP contribution in [0.25, 0.3) is 0 Å². The van der Waals surface area contributed by atoms with Gasteiger partial charge in [0.05, 0.1) is 13.2 Å². The maximum absolute atomic E-state index is 11.7. The van der Waals surface area contributed by atoms with E-state index in [1.54, 1.807) is 32.8 Å². The number of hydrogen-bond donors (Lipinski definition) is 1. The second-order valence-electron chi connectivity index (χ2n) is 4.21. The minimum Gasteiger partial charge on any atom is -0.462 e. The number of ketones is 1. The number of nitrogens with zero attached hydrogens (tertiary/aromatic N) is 1. The minimum atomic E-state index is -0.745. The second kappa shape index (κ2) is 9.57. The first kappa shape index (κ1) is 18.7. The highest BCUT2D eigenvalue weighted by molar-refractivity contribution is 6.16. The number of carbonyl (C=O) groups excluding carboxylic acids is 3. The Hall–Kier alpha value is -2.31. The van der Waals surface area contributed by atoms with Crippen LogP contribution in [0.15, 0.2) is 23.7 Å². The lowest BCUT2D eigenvalue weighted by molar-refractivity contribution is -0.141. The zero-order chi connectivity index (χ0) is 16.4. The molecule has 0 saturated heterocycles. The lowest BCUT2D eigenvalue weighted by Gasteiger charge is -2.12. The van der Waals surface area contributed by atoms with Gasteiger partial charge in [0, 0.05) is 26.5 Å². The molecule has 1 N–H and O–H groups in total. The van der Waals surface area contributed by atoms with Gasteiger partial charge in [-0.1, -0.05) is 0 Å². The molecule has 0 rings (SSSR count). The Kier molecular flexibility index (Phi) is 8.52. The third kappa shape index (κ3) is 7.14. The monoisotopic (exact) mass is 298 g/mol. The molecule has 0 fully saturated rings. The average Bonchev–Trinajstić information content (AvgIpc) is 2.37. The summed E-state index contributed by atoms with van der Waals surface area (Å²) in [6.45, 7) is 4.93. The van der Waals surface area contributed by atoms with Crippen LogP contribution in [0, 0.1) is 0 Å². The fourth-order valence-corrected chi connectivity index (χ4v) is 1.28. The molecule has 0 amide bonds. The van der Waals surface area contributed by atoms with Gasteiger partial charge in [-0.25, -0.2) is 9.59 Å². The van der Waals surface area contributed by atoms with Crippen LogP contribution in [0.5, 0.6) is 0 Å². The lowest BCUT2D eigenvalue weighted by atomic mass is 10.2. The van der Waals surface area contributed by atoms with Crippen molar-refractivity contribution in [1.29, 1.82) is 0 Å². The van der Waals surface area contributed by atoms with Crippen molar-refractivity contribution in [2.45, 2.75) is 20.8 Å². The van der Waals surface area contributed by atoms with Crippen molar-refractivity contribution >= 4 is 17.7 Å². The van der Waals surface area contributed by atoms with Crippen LogP contribution >= 0.6 is 0 Å². The SMILES string of the molecule is CCOC(=O)C(=CN(C)C)NC=C(C(C)=O)C(=O)OCC. The van der Waals surface area contributed by atoms with E-state index in [9.17, 15) is 14.4 Å². The van der Waals surface area contributed by atoms with E-state index in [0.717, 1.165) is 6.20 Å². The molecule has 7 nitrogen and oxygen atoms in total. The number of carbonyl (C=O) groups is 3. The largest absolute Gasteiger partial charge is 0.462 e. The molecule has 0 aromatic heterocycles. The predicted octanol–water partition coefficient (Wildman–Crippen LogP) is 0.578. The van der Waals surface area contributed by atoms with Crippen LogP contribution in [0.1, 0.15) is 20.8 Å². The zero-order valence-corrected chi connectivity index (χ0v) is 13.1. The van der Waals surface area contributed by atoms with Crippen LogP contribution in [-0.4, -0.2) is 49.9 Å². The number of esters is 2. The summed E-state index contributed by atoms with van der Waals surface area (Å²) in [5.74, 6) is -1.80. The highest BCUT2D eigenvalue weighted by atomic mass is 16.5. The van der Waals surface area contributed by atoms with E-state index < -0.39 is 17.7 Å². The Balaban J connectivity index is 5.22. The van der Waals surface area contributed by atoms with Crippen molar-refractivity contribution in [3.63, 3.8) is 0 Å². The van der Waals surface area contributed by atoms with Gasteiger partial charge in [-0.15, -0.1) is 0 Å². The molecule has 0 heterocycles. The molecule has 0 atom stereocenters. The number of nitrogens with one attached hydrogen (secondary N) is 1. The van der Waals surface area contributed by atoms with Gasteiger partial charge in [-0.2, -0.15) is 0 Å². The van der Waals surface area contributed by atoms with Crippen LogP contribution in [0.3, 0.4) is 0 Å². The van der Waals surface area contributed by atoms with Crippen LogP contribution in [-0.2, 0) is 23.9 Å². The van der Waals surface area contributed by atoms with Crippen molar-refractivity contribution in [3.8, 4) is 0 Å². The van der Waals surface area contributed by atoms with E-state index in [2.05, 4.69) is 5.32 Å². The topological polar surface area (TPSA) is 84.9 Å². The molecule has 0 aromatic rings. The first-order valence-corrected chi connectivity index (χ1v) is 6.53. The third-order valence-corrected chi connectivity index (χ3v) is 2.13. The van der Waals surface area contributed by atoms with Gasteiger partial charge in [-0.05, 0) is 20.8 Å². The summed E-state index contributed by atoms with van der Waals surface area (Å²) >= 11 is 0. The van der Waals surface area contributed by atoms with Gasteiger partial charge >= 0.3 is 11.9 Å². The standard InChI is InChI=1S/C14H22N2O5/c1-6-20-13(18)11(10(3)17)8-15-12(9-16(4)5)14(19)21-7-2/h8-9,15H,6-7H2,1-5H3. The molecule has 0 aliphatic heterocycles. The molecule has 0 unspecified atom stereocenters. The van der Waals surface area contributed by atoms with E-state index in [4.69, 9.17) is 9.47 Å². The Morgan fingerprint density at radius 2 is 1.57 bits per heavy atom. The molecule has 0 aliphatic rings. The Bertz CT molecular complexity index is 452. The Morgan fingerprint density at radius 1 is 1.05 bits per heavy atom. The highest BCUT2D eigenvalue weighted by Crippen LogP contribution is 2.02. The molecule has 118 valence electrons. The summed E-state index contributed by atoms with van der Waals surface area (Å²) in [5, 5.41) is 2.62. The summed E-state index contributed by atoms with van der Waals surface area (Å²) in [6, 6.07) is 0. The molecule has 0 aromatic carbocycles. The van der Waals surface area contributed by atoms with E-state index in [1.165, 1.54) is 13.1 Å². The maximum atomic E-state index is 11.7. The lowest BCUT2D eigenvalue weighted by Crippen LogP contribution is -2.24. The molecule has 0 spiro atoms. The van der Waals surface area contributed by atoms with E-state index in [-0.39, 0.29) is 24.5 Å². The summed E-state index contributed by atoms with van der Waals surface area (Å²) in [4.78, 5) is 36.4. The van der Waals surface area contributed by atoms with Gasteiger partial charge in [0.25, 0.3) is 0 Å². The molecule has 21 heavy (non-hydrogen) atoms. The zero-order valence-electron chi connectivity index (χ0n) is 13.1. The van der Waals surface area contributed by atoms with Gasteiger partial charge < -0.3 is 19.7 Å². The van der Waals surface area contributed by atoms with Gasteiger partial charge in [-0.3, -0.25) is 4.79 Å². The Morgan fingerprint density at radius 3 is 2.00 bits per heavy atom. The smallest absolute Gasteiger partial charge is 0.356 e. The maximum Gasteiger partial charge on any atom is 0.356 e. The van der Waals surface area contributed by atoms with E-state index in [1.807, 2.05) is 0 Å². The number of hydrogen-bond acceptors (Lipinski definition) is 7. The summed E-state index contributed by atoms with van der Waals surface area (Å²) in [5.41, 5.74) is -0.0734. The second-order valence-corrected chi connectivity index (χ2v) is 4.21. The summed E-state index contributed by atoms with van der Waals surface area (Å²) in [7, 11) is 3.45. The average molecular weight is 298 g/mol. The Labute approximate surface area is 124 Å². The van der Waals surface area contributed by atoms with E-state index in [0.29, 0.717) is 0 Å². The van der Waals surface area contributed by atoms with Crippen molar-refractivity contribution in [1.82, 2.24) is 10.2 Å². The molecule has 0 saturated carbocycles. The van der Waals surface area contributed by atoms with Gasteiger partial charge in [0.2, 0.25) is 0 Å². The molecule has 0 aliphatic carbocycles. The molecule has 0 radical (unpaired) electrons. The molecular weight excluding hydrogens is 276 g/mol. The number of Topliss-reactive ketones (excluding diaryl/α,β-unsaturated/α-hetero) is 1. The molecule has 7 heteroatoms. The highest BCUT2D eigenvalue weighted by Gasteiger charge is 2.17. The van der Waals surface area contributed by atoms with Crippen LogP contribution in [0.4, 0.5) is 0 Å². The van der Waals surface area contributed by atoms with Gasteiger partial charge in [0.1, 0.15) is 11.3 Å². The first-order chi connectivity index (χ1) is 9.83. The van der Waals surface area contributed by atoms with Gasteiger partial charge in [0.15, 0.2) is 5.78 Å². The van der Waals surface area contributed by atoms with Crippen molar-refractivity contribution in [2.24, 2.45) is 0 Å². The fraction of sp³-hybridized carbons (Fsp3) is 0.500. The fourth-order valence-electron chi connectivity index (χ4n) is 1.28. The van der Waals surface area contributed by atoms with Crippen molar-refractivity contribution in [2.75, 3.05) is 27.3 Å². The quantitative estimate of drug-likeness (QED) is 0.303. The van der Waals surface area contributed by atoms with E-state index >= 15 is 0 Å². The van der Waals surface area contributed by atoms with Crippen LogP contribution in [0.2, 0.25) is 0 Å². The summed E-state index contributed by atoms with van der Waals surface area (Å²) in [6.07, 6.45) is 2.63. The van der Waals surface area contributed by atoms with Crippen molar-refractivity contribution in [3.05, 3.63) is 23.7 Å². The summed E-state index contributed by atoms with van der Waals surface area (Å²) < 4.78 is 9.65. The minimum absolute atomic E-state index is 0.102. The predicted molar refractivity (Wildman–Crippen MR) is 76.9 cm³/mol. The normalized spacial score (nSPS) is 11.7. The number of ether oxygens (including phenoxy) is 2. The van der Waals surface area contributed by atoms with Crippen molar-refractivity contribution < 1.29 is 23.9 Å². The third-order valence-electron chi connectivity index (χ3n) is 2.13. The van der Waals surface area contributed by atoms with Crippen LogP contribution < -0.4 is 5.32 Å². The molecule has 0 bridgehead atoms. The first-order valence-electron chi connectivity index (χ1n) is 6.53. The number of rotatable bonds is 8.